The first-order valence-corrected chi connectivity index (χ1v) is 5.13. The van der Waals surface area contributed by atoms with Gasteiger partial charge < -0.3 is 9.84 Å². The second-order valence-electron chi connectivity index (χ2n) is 3.78. The molecule has 1 fully saturated rings. The molecule has 1 heterocycles. The topological polar surface area (TPSA) is 29.5 Å². The summed E-state index contributed by atoms with van der Waals surface area (Å²) in [5.41, 5.74) is 1.08. The fourth-order valence-corrected chi connectivity index (χ4v) is 1.83. The third kappa shape index (κ3) is 1.92. The Bertz CT molecular complexity index is 300. The van der Waals surface area contributed by atoms with E-state index in [-0.39, 0.29) is 12.0 Å². The number of halogens is 1. The van der Waals surface area contributed by atoms with Gasteiger partial charge in [-0.1, -0.05) is 30.7 Å². The van der Waals surface area contributed by atoms with Gasteiger partial charge in [-0.3, -0.25) is 0 Å². The lowest BCUT2D eigenvalue weighted by molar-refractivity contribution is -0.106. The van der Waals surface area contributed by atoms with Gasteiger partial charge in [-0.2, -0.15) is 0 Å². The number of aliphatic hydroxyl groups excluding tert-OH is 1. The molecular formula is C11H13ClO2. The first-order valence-electron chi connectivity index (χ1n) is 4.76. The molecule has 3 heteroatoms. The van der Waals surface area contributed by atoms with Crippen LogP contribution in [0.25, 0.3) is 0 Å². The average Bonchev–Trinajstić information content (AvgIpc) is 2.48. The molecule has 1 saturated heterocycles. The first kappa shape index (κ1) is 9.97. The van der Waals surface area contributed by atoms with Crippen LogP contribution in [0.2, 0.25) is 5.02 Å². The summed E-state index contributed by atoms with van der Waals surface area (Å²) in [5.74, 6) is 0.204. The zero-order valence-electron chi connectivity index (χ0n) is 7.98. The summed E-state index contributed by atoms with van der Waals surface area (Å²) in [7, 11) is 0. The molecule has 0 aliphatic carbocycles. The van der Waals surface area contributed by atoms with Gasteiger partial charge in [0.15, 0.2) is 6.29 Å². The molecule has 0 saturated carbocycles. The number of benzene rings is 1. The van der Waals surface area contributed by atoms with E-state index >= 15 is 0 Å². The van der Waals surface area contributed by atoms with Gasteiger partial charge in [-0.05, 0) is 24.1 Å². The highest BCUT2D eigenvalue weighted by atomic mass is 35.5. The maximum Gasteiger partial charge on any atom is 0.158 e. The number of hydrogen-bond acceptors (Lipinski definition) is 2. The molecule has 0 radical (unpaired) electrons. The van der Waals surface area contributed by atoms with E-state index in [2.05, 4.69) is 0 Å². The van der Waals surface area contributed by atoms with E-state index < -0.39 is 6.29 Å². The van der Waals surface area contributed by atoms with E-state index in [1.165, 1.54) is 0 Å². The first-order chi connectivity index (χ1) is 6.66. The molecule has 0 bridgehead atoms. The van der Waals surface area contributed by atoms with Gasteiger partial charge >= 0.3 is 0 Å². The fraction of sp³-hybridized carbons (Fsp3) is 0.455. The standard InChI is InChI=1S/C11H13ClO2/c1-7-6-10(14-11(7)13)8-2-4-9(12)5-3-8/h2-5,7,10-11,13H,6H2,1H3/t7-,10+,11?/m0/s1. The Morgan fingerprint density at radius 2 is 2.00 bits per heavy atom. The minimum Gasteiger partial charge on any atom is -0.368 e. The van der Waals surface area contributed by atoms with Crippen LogP contribution in [0.1, 0.15) is 25.0 Å². The minimum absolute atomic E-state index is 0.0114. The van der Waals surface area contributed by atoms with Crippen LogP contribution in [-0.2, 0) is 4.74 Å². The molecule has 1 N–H and O–H groups in total. The van der Waals surface area contributed by atoms with Crippen LogP contribution in [0.3, 0.4) is 0 Å². The van der Waals surface area contributed by atoms with Crippen LogP contribution in [0.15, 0.2) is 24.3 Å². The van der Waals surface area contributed by atoms with E-state index in [0.29, 0.717) is 0 Å². The Labute approximate surface area is 88.5 Å². The summed E-state index contributed by atoms with van der Waals surface area (Å²) in [5, 5.41) is 10.2. The van der Waals surface area contributed by atoms with E-state index in [9.17, 15) is 5.11 Å². The Morgan fingerprint density at radius 3 is 2.50 bits per heavy atom. The summed E-state index contributed by atoms with van der Waals surface area (Å²) in [6.45, 7) is 1.99. The third-order valence-electron chi connectivity index (χ3n) is 2.62. The molecule has 1 aromatic carbocycles. The van der Waals surface area contributed by atoms with Crippen LogP contribution in [0.4, 0.5) is 0 Å². The Morgan fingerprint density at radius 1 is 1.36 bits per heavy atom. The van der Waals surface area contributed by atoms with Crippen LogP contribution < -0.4 is 0 Å². The van der Waals surface area contributed by atoms with Crippen molar-refractivity contribution in [2.75, 3.05) is 0 Å². The molecule has 0 aromatic heterocycles. The Hall–Kier alpha value is -0.570. The van der Waals surface area contributed by atoms with Crippen LogP contribution >= 0.6 is 11.6 Å². The molecule has 1 unspecified atom stereocenters. The molecule has 14 heavy (non-hydrogen) atoms. The molecule has 1 aromatic rings. The second kappa shape index (κ2) is 3.89. The molecule has 3 atom stereocenters. The fourth-order valence-electron chi connectivity index (χ4n) is 1.70. The maximum atomic E-state index is 9.44. The van der Waals surface area contributed by atoms with Crippen LogP contribution in [0.5, 0.6) is 0 Å². The van der Waals surface area contributed by atoms with Crippen molar-refractivity contribution in [3.05, 3.63) is 34.9 Å². The zero-order chi connectivity index (χ0) is 10.1. The van der Waals surface area contributed by atoms with Gasteiger partial charge in [0.05, 0.1) is 6.10 Å². The number of ether oxygens (including phenoxy) is 1. The van der Waals surface area contributed by atoms with Crippen molar-refractivity contribution in [2.45, 2.75) is 25.7 Å². The van der Waals surface area contributed by atoms with E-state index in [1.54, 1.807) is 0 Å². The summed E-state index contributed by atoms with van der Waals surface area (Å²) in [6, 6.07) is 7.57. The normalized spacial score (nSPS) is 32.1. The molecule has 76 valence electrons. The lowest BCUT2D eigenvalue weighted by Crippen LogP contribution is -2.10. The summed E-state index contributed by atoms with van der Waals surface area (Å²) in [4.78, 5) is 0. The van der Waals surface area contributed by atoms with Gasteiger partial charge in [-0.25, -0.2) is 0 Å². The molecular weight excluding hydrogens is 200 g/mol. The zero-order valence-corrected chi connectivity index (χ0v) is 8.74. The van der Waals surface area contributed by atoms with Gasteiger partial charge in [0.25, 0.3) is 0 Å². The minimum atomic E-state index is -0.629. The highest BCUT2D eigenvalue weighted by Gasteiger charge is 2.31. The number of rotatable bonds is 1. The average molecular weight is 213 g/mol. The van der Waals surface area contributed by atoms with Crippen molar-refractivity contribution in [1.29, 1.82) is 0 Å². The molecule has 0 amide bonds. The molecule has 2 rings (SSSR count). The van der Waals surface area contributed by atoms with E-state index in [4.69, 9.17) is 16.3 Å². The summed E-state index contributed by atoms with van der Waals surface area (Å²) < 4.78 is 5.41. The predicted octanol–water partition coefficient (Wildman–Crippen LogP) is 2.76. The highest BCUT2D eigenvalue weighted by molar-refractivity contribution is 6.30. The van der Waals surface area contributed by atoms with Crippen molar-refractivity contribution < 1.29 is 9.84 Å². The molecule has 0 spiro atoms. The number of aliphatic hydroxyl groups is 1. The molecule has 2 nitrogen and oxygen atoms in total. The monoisotopic (exact) mass is 212 g/mol. The molecule has 1 aliphatic heterocycles. The van der Waals surface area contributed by atoms with E-state index in [1.807, 2.05) is 31.2 Å². The molecule has 1 aliphatic rings. The Balaban J connectivity index is 2.13. The smallest absolute Gasteiger partial charge is 0.158 e. The highest BCUT2D eigenvalue weighted by Crippen LogP contribution is 2.35. The summed E-state index contributed by atoms with van der Waals surface area (Å²) >= 11 is 5.79. The SMILES string of the molecule is C[C@H]1C[C@H](c2ccc(Cl)cc2)OC1O. The van der Waals surface area contributed by atoms with Crippen LogP contribution in [-0.4, -0.2) is 11.4 Å². The van der Waals surface area contributed by atoms with Crippen molar-refractivity contribution in [1.82, 2.24) is 0 Å². The lowest BCUT2D eigenvalue weighted by Gasteiger charge is -2.10. The maximum absolute atomic E-state index is 9.44. The van der Waals surface area contributed by atoms with Crippen molar-refractivity contribution in [2.24, 2.45) is 5.92 Å². The lowest BCUT2D eigenvalue weighted by atomic mass is 10.0. The van der Waals surface area contributed by atoms with Gasteiger partial charge in [0, 0.05) is 10.9 Å². The van der Waals surface area contributed by atoms with Crippen molar-refractivity contribution >= 4 is 11.6 Å². The van der Waals surface area contributed by atoms with Gasteiger partial charge in [0.1, 0.15) is 0 Å². The second-order valence-corrected chi connectivity index (χ2v) is 4.22. The largest absolute Gasteiger partial charge is 0.368 e. The Kier molecular flexibility index (Phi) is 2.77. The third-order valence-corrected chi connectivity index (χ3v) is 2.87. The summed E-state index contributed by atoms with van der Waals surface area (Å²) in [6.07, 6.45) is 0.246. The van der Waals surface area contributed by atoms with Crippen LogP contribution in [0, 0.1) is 5.92 Å². The van der Waals surface area contributed by atoms with E-state index in [0.717, 1.165) is 17.0 Å². The predicted molar refractivity (Wildman–Crippen MR) is 55.1 cm³/mol. The van der Waals surface area contributed by atoms with Gasteiger partial charge in [-0.15, -0.1) is 0 Å². The van der Waals surface area contributed by atoms with Gasteiger partial charge in [0.2, 0.25) is 0 Å². The van der Waals surface area contributed by atoms with Crippen molar-refractivity contribution in [3.63, 3.8) is 0 Å². The quantitative estimate of drug-likeness (QED) is 0.776. The van der Waals surface area contributed by atoms with Crippen molar-refractivity contribution in [3.8, 4) is 0 Å². The number of hydrogen-bond donors (Lipinski definition) is 1.